The molecule has 186 valence electrons. The number of anilines is 2. The molecule has 0 unspecified atom stereocenters. The first-order valence-electron chi connectivity index (χ1n) is 10.5. The lowest BCUT2D eigenvalue weighted by Crippen LogP contribution is -2.32. The molecule has 3 aromatic carbocycles. The molecule has 3 aromatic rings. The van der Waals surface area contributed by atoms with E-state index in [2.05, 4.69) is 37.1 Å². The Bertz CT molecular complexity index is 1300. The second kappa shape index (κ2) is 12.5. The number of hydrogen-bond donors (Lipinski definition) is 3. The summed E-state index contributed by atoms with van der Waals surface area (Å²) in [6.07, 6.45) is 1.27. The summed E-state index contributed by atoms with van der Waals surface area (Å²) in [5, 5.41) is 8.64. The number of para-hydroxylation sites is 1. The Balaban J connectivity index is 1.58. The zero-order chi connectivity index (χ0) is 26.1. The van der Waals surface area contributed by atoms with Crippen LogP contribution in [0, 0.1) is 12.7 Å². The van der Waals surface area contributed by atoms with Crippen molar-refractivity contribution in [2.45, 2.75) is 6.92 Å². The molecule has 9 nitrogen and oxygen atoms in total. The van der Waals surface area contributed by atoms with E-state index in [-0.39, 0.29) is 18.2 Å². The highest BCUT2D eigenvalue weighted by Crippen LogP contribution is 2.36. The molecule has 0 aliphatic rings. The van der Waals surface area contributed by atoms with Gasteiger partial charge >= 0.3 is 11.8 Å². The average molecular weight is 557 g/mol. The number of hydrogen-bond acceptors (Lipinski definition) is 6. The van der Waals surface area contributed by atoms with E-state index in [9.17, 15) is 18.8 Å². The summed E-state index contributed by atoms with van der Waals surface area (Å²) < 4.78 is 25.1. The van der Waals surface area contributed by atoms with Crippen LogP contribution in [0.15, 0.2) is 70.2 Å². The normalized spacial score (nSPS) is 10.6. The van der Waals surface area contributed by atoms with Crippen molar-refractivity contribution in [1.82, 2.24) is 5.43 Å². The van der Waals surface area contributed by atoms with Gasteiger partial charge in [-0.25, -0.2) is 9.82 Å². The van der Waals surface area contributed by atoms with Gasteiger partial charge in [-0.3, -0.25) is 14.4 Å². The van der Waals surface area contributed by atoms with Crippen LogP contribution < -0.4 is 25.5 Å². The highest BCUT2D eigenvalue weighted by Gasteiger charge is 2.16. The third-order valence-electron chi connectivity index (χ3n) is 4.64. The molecule has 0 spiro atoms. The summed E-state index contributed by atoms with van der Waals surface area (Å²) >= 11 is 3.37. The molecule has 0 radical (unpaired) electrons. The van der Waals surface area contributed by atoms with Gasteiger partial charge in [-0.15, -0.1) is 0 Å². The van der Waals surface area contributed by atoms with E-state index >= 15 is 0 Å². The maximum atomic E-state index is 13.6. The third kappa shape index (κ3) is 7.37. The van der Waals surface area contributed by atoms with Crippen LogP contribution in [0.4, 0.5) is 15.8 Å². The van der Waals surface area contributed by atoms with Gasteiger partial charge in [-0.1, -0.05) is 29.8 Å². The van der Waals surface area contributed by atoms with Gasteiger partial charge in [0.15, 0.2) is 18.1 Å². The van der Waals surface area contributed by atoms with Gasteiger partial charge in [-0.2, -0.15) is 5.10 Å². The lowest BCUT2D eigenvalue weighted by atomic mass is 10.2. The minimum Gasteiger partial charge on any atom is -0.493 e. The smallest absolute Gasteiger partial charge is 0.329 e. The minimum absolute atomic E-state index is 0.126. The minimum atomic E-state index is -1.08. The first-order valence-corrected chi connectivity index (χ1v) is 11.3. The molecule has 0 aromatic heterocycles. The largest absolute Gasteiger partial charge is 0.493 e. The molecule has 0 fully saturated rings. The molecule has 0 saturated carbocycles. The van der Waals surface area contributed by atoms with E-state index < -0.39 is 17.6 Å². The van der Waals surface area contributed by atoms with E-state index in [1.165, 1.54) is 31.5 Å². The monoisotopic (exact) mass is 556 g/mol. The number of benzene rings is 3. The lowest BCUT2D eigenvalue weighted by Gasteiger charge is -2.13. The number of aryl methyl sites for hydroxylation is 1. The van der Waals surface area contributed by atoms with Crippen LogP contribution in [0.5, 0.6) is 11.5 Å². The third-order valence-corrected chi connectivity index (χ3v) is 5.23. The molecular weight excluding hydrogens is 535 g/mol. The predicted octanol–water partition coefficient (Wildman–Crippen LogP) is 4.01. The van der Waals surface area contributed by atoms with Gasteiger partial charge in [0, 0.05) is 5.69 Å². The Morgan fingerprint density at radius 1 is 1.03 bits per heavy atom. The molecule has 0 aliphatic heterocycles. The summed E-state index contributed by atoms with van der Waals surface area (Å²) in [6.45, 7) is 1.69. The number of carbonyl (C=O) groups is 3. The molecule has 11 heteroatoms. The molecule has 0 saturated heterocycles. The van der Waals surface area contributed by atoms with Gasteiger partial charge in [0.1, 0.15) is 5.82 Å². The Kier molecular flexibility index (Phi) is 9.12. The van der Waals surface area contributed by atoms with Crippen LogP contribution in [0.3, 0.4) is 0 Å². The van der Waals surface area contributed by atoms with Gasteiger partial charge in [0.2, 0.25) is 0 Å². The maximum Gasteiger partial charge on any atom is 0.329 e. The van der Waals surface area contributed by atoms with Crippen molar-refractivity contribution in [3.63, 3.8) is 0 Å². The number of carbonyl (C=O) groups excluding carboxylic acids is 3. The number of hydrazone groups is 1. The van der Waals surface area contributed by atoms with Gasteiger partial charge in [0.05, 0.1) is 23.5 Å². The fourth-order valence-electron chi connectivity index (χ4n) is 2.88. The van der Waals surface area contributed by atoms with Crippen molar-refractivity contribution in [2.24, 2.45) is 5.10 Å². The second-order valence-electron chi connectivity index (χ2n) is 7.37. The molecular formula is C25H22BrFN4O5. The lowest BCUT2D eigenvalue weighted by molar-refractivity contribution is -0.136. The van der Waals surface area contributed by atoms with Crippen LogP contribution in [0.2, 0.25) is 0 Å². The molecule has 3 N–H and O–H groups in total. The van der Waals surface area contributed by atoms with E-state index in [0.29, 0.717) is 27.2 Å². The maximum absolute atomic E-state index is 13.6. The molecule has 3 rings (SSSR count). The van der Waals surface area contributed by atoms with E-state index in [0.717, 1.165) is 11.6 Å². The van der Waals surface area contributed by atoms with Crippen molar-refractivity contribution in [1.29, 1.82) is 0 Å². The van der Waals surface area contributed by atoms with E-state index in [4.69, 9.17) is 9.47 Å². The number of halogens is 2. The molecule has 3 amide bonds. The molecule has 0 bridgehead atoms. The van der Waals surface area contributed by atoms with Crippen molar-refractivity contribution < 1.29 is 28.2 Å². The Labute approximate surface area is 214 Å². The highest BCUT2D eigenvalue weighted by molar-refractivity contribution is 9.10. The van der Waals surface area contributed by atoms with E-state index in [1.807, 2.05) is 19.1 Å². The van der Waals surface area contributed by atoms with Crippen LogP contribution >= 0.6 is 15.9 Å². The highest BCUT2D eigenvalue weighted by atomic mass is 79.9. The number of methoxy groups -OCH3 is 1. The quantitative estimate of drug-likeness (QED) is 0.220. The van der Waals surface area contributed by atoms with Gasteiger partial charge in [-0.05, 0) is 64.8 Å². The summed E-state index contributed by atoms with van der Waals surface area (Å²) in [4.78, 5) is 36.1. The van der Waals surface area contributed by atoms with Crippen LogP contribution in [0.1, 0.15) is 11.1 Å². The Hall–Kier alpha value is -4.25. The molecule has 0 heterocycles. The fraction of sp³-hybridized carbons (Fsp3) is 0.120. The predicted molar refractivity (Wildman–Crippen MR) is 137 cm³/mol. The second-order valence-corrected chi connectivity index (χ2v) is 8.22. The van der Waals surface area contributed by atoms with Crippen molar-refractivity contribution in [3.8, 4) is 11.5 Å². The van der Waals surface area contributed by atoms with Crippen LogP contribution in [-0.4, -0.2) is 37.7 Å². The number of ether oxygens (including phenoxy) is 2. The van der Waals surface area contributed by atoms with Gasteiger partial charge < -0.3 is 20.1 Å². The molecule has 0 atom stereocenters. The first kappa shape index (κ1) is 26.4. The van der Waals surface area contributed by atoms with Crippen molar-refractivity contribution in [2.75, 3.05) is 24.4 Å². The van der Waals surface area contributed by atoms with Crippen LogP contribution in [-0.2, 0) is 14.4 Å². The number of nitrogens with one attached hydrogen (secondary N) is 3. The number of nitrogens with zero attached hydrogens (tertiary/aromatic N) is 1. The fourth-order valence-corrected chi connectivity index (χ4v) is 3.46. The summed E-state index contributed by atoms with van der Waals surface area (Å²) in [5.41, 5.74) is 4.15. The topological polar surface area (TPSA) is 118 Å². The SMILES string of the molecule is COc1cc(/C=N\NC(=O)C(=O)Nc2ccccc2F)cc(Br)c1OCC(=O)Nc1ccc(C)cc1. The Morgan fingerprint density at radius 2 is 1.75 bits per heavy atom. The zero-order valence-corrected chi connectivity index (χ0v) is 20.9. The molecule has 36 heavy (non-hydrogen) atoms. The van der Waals surface area contributed by atoms with Crippen LogP contribution in [0.25, 0.3) is 0 Å². The van der Waals surface area contributed by atoms with Crippen molar-refractivity contribution in [3.05, 3.63) is 82.1 Å². The zero-order valence-electron chi connectivity index (χ0n) is 19.3. The summed E-state index contributed by atoms with van der Waals surface area (Å²) in [7, 11) is 1.43. The first-order chi connectivity index (χ1) is 17.3. The number of rotatable bonds is 8. The Morgan fingerprint density at radius 3 is 2.44 bits per heavy atom. The molecule has 0 aliphatic carbocycles. The van der Waals surface area contributed by atoms with E-state index in [1.54, 1.807) is 24.3 Å². The average Bonchev–Trinajstić information content (AvgIpc) is 2.85. The number of amides is 3. The standard InChI is InChI=1S/C25H22BrFN4O5/c1-15-7-9-17(10-8-15)29-22(32)14-36-23-18(26)11-16(12-21(23)35-2)13-28-31-25(34)24(33)30-20-6-4-3-5-19(20)27/h3-13H,14H2,1-2H3,(H,29,32)(H,30,33)(H,31,34)/b28-13-. The van der Waals surface area contributed by atoms with Crippen molar-refractivity contribution >= 4 is 51.2 Å². The van der Waals surface area contributed by atoms with Gasteiger partial charge in [0.25, 0.3) is 5.91 Å². The summed E-state index contributed by atoms with van der Waals surface area (Å²) in [5.74, 6) is -2.59. The summed E-state index contributed by atoms with van der Waals surface area (Å²) in [6, 6.07) is 16.0.